The summed E-state index contributed by atoms with van der Waals surface area (Å²) in [5.41, 5.74) is 1.77. The third kappa shape index (κ3) is 5.16. The van der Waals surface area contributed by atoms with Gasteiger partial charge >= 0.3 is 0 Å². The van der Waals surface area contributed by atoms with Crippen LogP contribution in [0.3, 0.4) is 0 Å². The van der Waals surface area contributed by atoms with Crippen LogP contribution in [-0.2, 0) is 17.9 Å². The topological polar surface area (TPSA) is 59.8 Å². The number of nitrogens with zero attached hydrogens (tertiary/aromatic N) is 3. The first-order valence-electron chi connectivity index (χ1n) is 8.51. The van der Waals surface area contributed by atoms with Crippen molar-refractivity contribution < 1.29 is 4.79 Å². The molecule has 3 aromatic rings. The second kappa shape index (κ2) is 9.78. The fraction of sp³-hybridized carbons (Fsp3) is 0.150. The summed E-state index contributed by atoms with van der Waals surface area (Å²) < 4.78 is 1.94. The largest absolute Gasteiger partial charge is 0.351 e. The normalized spacial score (nSPS) is 10.6. The Balaban J connectivity index is 1.63. The molecule has 0 bridgehead atoms. The summed E-state index contributed by atoms with van der Waals surface area (Å²) in [5.74, 6) is 0.844. The Morgan fingerprint density at radius 2 is 1.96 bits per heavy atom. The number of allylic oxidation sites excluding steroid dienone is 1. The van der Waals surface area contributed by atoms with Gasteiger partial charge in [-0.15, -0.1) is 16.8 Å². The molecule has 144 valence electrons. The lowest BCUT2D eigenvalue weighted by molar-refractivity contribution is -0.118. The molecule has 0 spiro atoms. The van der Waals surface area contributed by atoms with Gasteiger partial charge in [0.05, 0.1) is 5.75 Å². The third-order valence-corrected chi connectivity index (χ3v) is 5.44. The lowest BCUT2D eigenvalue weighted by atomic mass is 10.2. The minimum atomic E-state index is -0.120. The maximum Gasteiger partial charge on any atom is 0.230 e. The van der Waals surface area contributed by atoms with Crippen LogP contribution in [0.2, 0.25) is 10.0 Å². The number of hydrogen-bond acceptors (Lipinski definition) is 4. The number of thioether (sulfide) groups is 1. The van der Waals surface area contributed by atoms with E-state index in [4.69, 9.17) is 23.2 Å². The van der Waals surface area contributed by atoms with Crippen LogP contribution in [-0.4, -0.2) is 26.4 Å². The smallest absolute Gasteiger partial charge is 0.230 e. The molecule has 0 radical (unpaired) electrons. The molecule has 28 heavy (non-hydrogen) atoms. The van der Waals surface area contributed by atoms with Gasteiger partial charge in [0.2, 0.25) is 5.91 Å². The summed E-state index contributed by atoms with van der Waals surface area (Å²) >= 11 is 13.3. The molecule has 0 aliphatic heterocycles. The molecular weight excluding hydrogens is 415 g/mol. The fourth-order valence-electron chi connectivity index (χ4n) is 2.53. The maximum atomic E-state index is 12.2. The standard InChI is InChI=1S/C20H18Cl2N4OS/c1-2-10-26-19(14-6-4-3-5-7-14)24-25-20(26)28-13-18(27)23-12-15-8-9-16(21)11-17(15)22/h2-9,11H,1,10,12-13H2,(H,23,27). The highest BCUT2D eigenvalue weighted by molar-refractivity contribution is 7.99. The molecule has 1 N–H and O–H groups in total. The van der Waals surface area contributed by atoms with E-state index in [0.29, 0.717) is 28.3 Å². The van der Waals surface area contributed by atoms with Gasteiger partial charge in [0, 0.05) is 28.7 Å². The molecule has 1 aromatic heterocycles. The summed E-state index contributed by atoms with van der Waals surface area (Å²) in [7, 11) is 0. The zero-order valence-electron chi connectivity index (χ0n) is 14.9. The number of rotatable bonds is 8. The number of carbonyl (C=O) groups excluding carboxylic acids is 1. The van der Waals surface area contributed by atoms with Gasteiger partial charge in [0.25, 0.3) is 0 Å². The second-order valence-corrected chi connectivity index (χ2v) is 7.66. The fourth-order valence-corrected chi connectivity index (χ4v) is 3.78. The van der Waals surface area contributed by atoms with Gasteiger partial charge in [0.15, 0.2) is 11.0 Å². The van der Waals surface area contributed by atoms with E-state index in [1.807, 2.05) is 34.9 Å². The molecule has 1 amide bonds. The van der Waals surface area contributed by atoms with E-state index >= 15 is 0 Å². The Morgan fingerprint density at radius 1 is 1.18 bits per heavy atom. The highest BCUT2D eigenvalue weighted by Gasteiger charge is 2.15. The number of carbonyl (C=O) groups is 1. The van der Waals surface area contributed by atoms with Crippen LogP contribution in [0.25, 0.3) is 11.4 Å². The molecule has 0 saturated carbocycles. The number of hydrogen-bond donors (Lipinski definition) is 1. The van der Waals surface area contributed by atoms with E-state index in [1.165, 1.54) is 11.8 Å². The predicted octanol–water partition coefficient (Wildman–Crippen LogP) is 4.85. The van der Waals surface area contributed by atoms with Gasteiger partial charge in [0.1, 0.15) is 0 Å². The SMILES string of the molecule is C=CCn1c(SCC(=O)NCc2ccc(Cl)cc2Cl)nnc1-c1ccccc1. The van der Waals surface area contributed by atoms with Gasteiger partial charge in [-0.3, -0.25) is 9.36 Å². The van der Waals surface area contributed by atoms with Crippen LogP contribution in [0.15, 0.2) is 66.3 Å². The van der Waals surface area contributed by atoms with Crippen molar-refractivity contribution in [1.29, 1.82) is 0 Å². The van der Waals surface area contributed by atoms with Gasteiger partial charge in [-0.2, -0.15) is 0 Å². The zero-order chi connectivity index (χ0) is 19.9. The molecular formula is C20H18Cl2N4OS. The molecule has 2 aromatic carbocycles. The summed E-state index contributed by atoms with van der Waals surface area (Å²) in [6.45, 7) is 4.69. The van der Waals surface area contributed by atoms with Gasteiger partial charge < -0.3 is 5.32 Å². The van der Waals surface area contributed by atoms with Crippen molar-refractivity contribution in [3.8, 4) is 11.4 Å². The molecule has 0 saturated heterocycles. The van der Waals surface area contributed by atoms with Crippen molar-refractivity contribution in [2.75, 3.05) is 5.75 Å². The number of benzene rings is 2. The van der Waals surface area contributed by atoms with E-state index in [0.717, 1.165) is 17.0 Å². The molecule has 1 heterocycles. The van der Waals surface area contributed by atoms with E-state index in [-0.39, 0.29) is 11.7 Å². The maximum absolute atomic E-state index is 12.2. The van der Waals surface area contributed by atoms with E-state index in [9.17, 15) is 4.79 Å². The number of amides is 1. The molecule has 0 unspecified atom stereocenters. The van der Waals surface area contributed by atoms with Crippen molar-refractivity contribution in [2.24, 2.45) is 0 Å². The summed E-state index contributed by atoms with van der Waals surface area (Å²) in [5, 5.41) is 13.1. The first kappa shape index (κ1) is 20.5. The lowest BCUT2D eigenvalue weighted by Gasteiger charge is -2.09. The van der Waals surface area contributed by atoms with Crippen LogP contribution in [0, 0.1) is 0 Å². The summed E-state index contributed by atoms with van der Waals surface area (Å²) in [6, 6.07) is 15.0. The molecule has 8 heteroatoms. The van der Waals surface area contributed by atoms with E-state index in [2.05, 4.69) is 22.1 Å². The van der Waals surface area contributed by atoms with Crippen LogP contribution in [0.5, 0.6) is 0 Å². The number of nitrogens with one attached hydrogen (secondary N) is 1. The number of halogens is 2. The Labute approximate surface area is 177 Å². The molecule has 3 rings (SSSR count). The second-order valence-electron chi connectivity index (χ2n) is 5.87. The van der Waals surface area contributed by atoms with E-state index in [1.54, 1.807) is 24.3 Å². The van der Waals surface area contributed by atoms with Crippen molar-refractivity contribution in [1.82, 2.24) is 20.1 Å². The highest BCUT2D eigenvalue weighted by atomic mass is 35.5. The van der Waals surface area contributed by atoms with Crippen molar-refractivity contribution >= 4 is 40.9 Å². The third-order valence-electron chi connectivity index (χ3n) is 3.88. The summed E-state index contributed by atoms with van der Waals surface area (Å²) in [4.78, 5) is 12.2. The van der Waals surface area contributed by atoms with Crippen molar-refractivity contribution in [2.45, 2.75) is 18.2 Å². The molecule has 0 atom stereocenters. The molecule has 0 aliphatic rings. The summed E-state index contributed by atoms with van der Waals surface area (Å²) in [6.07, 6.45) is 1.78. The van der Waals surface area contributed by atoms with E-state index < -0.39 is 0 Å². The molecule has 5 nitrogen and oxygen atoms in total. The van der Waals surface area contributed by atoms with Crippen LogP contribution in [0.1, 0.15) is 5.56 Å². The molecule has 0 aliphatic carbocycles. The monoisotopic (exact) mass is 432 g/mol. The minimum Gasteiger partial charge on any atom is -0.351 e. The lowest BCUT2D eigenvalue weighted by Crippen LogP contribution is -2.24. The molecule has 0 fully saturated rings. The van der Waals surface area contributed by atoms with Crippen molar-refractivity contribution in [3.63, 3.8) is 0 Å². The van der Waals surface area contributed by atoms with Crippen molar-refractivity contribution in [3.05, 3.63) is 76.8 Å². The predicted molar refractivity (Wildman–Crippen MR) is 115 cm³/mol. The van der Waals surface area contributed by atoms with Crippen LogP contribution in [0.4, 0.5) is 0 Å². The van der Waals surface area contributed by atoms with Crippen LogP contribution < -0.4 is 5.32 Å². The Morgan fingerprint density at radius 3 is 2.68 bits per heavy atom. The Kier molecular flexibility index (Phi) is 7.14. The van der Waals surface area contributed by atoms with Gasteiger partial charge in [-0.1, -0.05) is 77.4 Å². The Hall–Kier alpha value is -2.28. The first-order valence-corrected chi connectivity index (χ1v) is 10.3. The average molecular weight is 433 g/mol. The number of aromatic nitrogens is 3. The average Bonchev–Trinajstić information content (AvgIpc) is 3.09. The minimum absolute atomic E-state index is 0.120. The first-order chi connectivity index (χ1) is 13.6. The van der Waals surface area contributed by atoms with Gasteiger partial charge in [-0.05, 0) is 17.7 Å². The quantitative estimate of drug-likeness (QED) is 0.408. The van der Waals surface area contributed by atoms with Crippen LogP contribution >= 0.6 is 35.0 Å². The van der Waals surface area contributed by atoms with Gasteiger partial charge in [-0.25, -0.2) is 0 Å². The highest BCUT2D eigenvalue weighted by Crippen LogP contribution is 2.24. The zero-order valence-corrected chi connectivity index (χ0v) is 17.3. The Bertz CT molecular complexity index is 976.